The summed E-state index contributed by atoms with van der Waals surface area (Å²) in [5.74, 6) is -0.288. The molecule has 2 aromatic rings. The van der Waals surface area contributed by atoms with Crippen LogP contribution in [-0.2, 0) is 0 Å². The highest BCUT2D eigenvalue weighted by atomic mass is 127. The van der Waals surface area contributed by atoms with Gasteiger partial charge in [-0.2, -0.15) is 5.26 Å². The van der Waals surface area contributed by atoms with Gasteiger partial charge in [0, 0.05) is 3.57 Å². The summed E-state index contributed by atoms with van der Waals surface area (Å²) in [6.45, 7) is 0. The monoisotopic (exact) mass is 353 g/mol. The molecule has 0 aliphatic heterocycles. The number of nitrogens with zero attached hydrogens (tertiary/aromatic N) is 1. The highest BCUT2D eigenvalue weighted by molar-refractivity contribution is 14.1. The maximum absolute atomic E-state index is 13.0. The fourth-order valence-corrected chi connectivity index (χ4v) is 2.08. The molecule has 3 nitrogen and oxygen atoms in total. The lowest BCUT2D eigenvalue weighted by atomic mass is 10.2. The van der Waals surface area contributed by atoms with Crippen molar-refractivity contribution in [2.75, 3.05) is 11.1 Å². The van der Waals surface area contributed by atoms with Crippen LogP contribution < -0.4 is 11.1 Å². The lowest BCUT2D eigenvalue weighted by Crippen LogP contribution is -1.98. The van der Waals surface area contributed by atoms with Crippen LogP contribution in [0, 0.1) is 20.7 Å². The Labute approximate surface area is 118 Å². The lowest BCUT2D eigenvalue weighted by Gasteiger charge is -2.11. The van der Waals surface area contributed by atoms with Crippen LogP contribution >= 0.6 is 22.6 Å². The van der Waals surface area contributed by atoms with Gasteiger partial charge in [0.15, 0.2) is 0 Å². The van der Waals surface area contributed by atoms with Gasteiger partial charge in [-0.05, 0) is 59.0 Å². The Morgan fingerprint density at radius 1 is 1.17 bits per heavy atom. The van der Waals surface area contributed by atoms with Crippen LogP contribution in [0.4, 0.5) is 21.5 Å². The average molecular weight is 353 g/mol. The second-order valence-electron chi connectivity index (χ2n) is 3.66. The zero-order valence-electron chi connectivity index (χ0n) is 9.24. The zero-order chi connectivity index (χ0) is 13.1. The van der Waals surface area contributed by atoms with Gasteiger partial charge in [0.25, 0.3) is 0 Å². The minimum Gasteiger partial charge on any atom is -0.397 e. The number of nitriles is 1. The number of hydrogen-bond donors (Lipinski definition) is 2. The highest BCUT2D eigenvalue weighted by Gasteiger charge is 2.05. The van der Waals surface area contributed by atoms with E-state index in [1.807, 2.05) is 28.7 Å². The van der Waals surface area contributed by atoms with Gasteiger partial charge < -0.3 is 11.1 Å². The summed E-state index contributed by atoms with van der Waals surface area (Å²) in [6, 6.07) is 11.4. The van der Waals surface area contributed by atoms with Crippen molar-refractivity contribution in [2.45, 2.75) is 0 Å². The van der Waals surface area contributed by atoms with E-state index >= 15 is 0 Å². The van der Waals surface area contributed by atoms with E-state index in [1.165, 1.54) is 12.1 Å². The van der Waals surface area contributed by atoms with Crippen molar-refractivity contribution in [3.8, 4) is 6.07 Å². The number of benzene rings is 2. The Kier molecular flexibility index (Phi) is 3.67. The summed E-state index contributed by atoms with van der Waals surface area (Å²) in [4.78, 5) is 0. The van der Waals surface area contributed by atoms with Gasteiger partial charge in [-0.25, -0.2) is 4.39 Å². The number of nitrogen functional groups attached to an aromatic ring is 1. The third-order valence-electron chi connectivity index (χ3n) is 2.38. The van der Waals surface area contributed by atoms with Gasteiger partial charge in [0.05, 0.1) is 28.7 Å². The molecule has 0 unspecified atom stereocenters. The fraction of sp³-hybridized carbons (Fsp3) is 0. The highest BCUT2D eigenvalue weighted by Crippen LogP contribution is 2.27. The molecule has 2 aromatic carbocycles. The molecule has 0 fully saturated rings. The average Bonchev–Trinajstić information content (AvgIpc) is 2.35. The van der Waals surface area contributed by atoms with Crippen molar-refractivity contribution in [2.24, 2.45) is 0 Å². The molecule has 0 saturated heterocycles. The molecule has 0 aromatic heterocycles. The third kappa shape index (κ3) is 2.71. The molecule has 3 N–H and O–H groups in total. The van der Waals surface area contributed by atoms with Gasteiger partial charge >= 0.3 is 0 Å². The van der Waals surface area contributed by atoms with Crippen molar-refractivity contribution < 1.29 is 4.39 Å². The Morgan fingerprint density at radius 3 is 2.61 bits per heavy atom. The van der Waals surface area contributed by atoms with Crippen LogP contribution in [-0.4, -0.2) is 0 Å². The summed E-state index contributed by atoms with van der Waals surface area (Å²) in [5.41, 5.74) is 8.26. The standard InChI is InChI=1S/C13H9FIN3/c14-9-2-4-12(10(15)6-9)18-13-5-8(7-16)1-3-11(13)17/h1-6,18H,17H2. The minimum atomic E-state index is -0.288. The molecule has 2 rings (SSSR count). The molecule has 0 aliphatic rings. The predicted octanol–water partition coefficient (Wildman–Crippen LogP) is 3.63. The Hall–Kier alpha value is -1.81. The summed E-state index contributed by atoms with van der Waals surface area (Å²) in [5, 5.41) is 11.9. The van der Waals surface area contributed by atoms with Gasteiger partial charge in [-0.3, -0.25) is 0 Å². The van der Waals surface area contributed by atoms with Gasteiger partial charge in [-0.15, -0.1) is 0 Å². The molecule has 0 spiro atoms. The molecular formula is C13H9FIN3. The normalized spacial score (nSPS) is 9.83. The molecule has 18 heavy (non-hydrogen) atoms. The molecule has 0 bridgehead atoms. The topological polar surface area (TPSA) is 61.8 Å². The van der Waals surface area contributed by atoms with Crippen molar-refractivity contribution in [1.29, 1.82) is 5.26 Å². The maximum atomic E-state index is 13.0. The number of nitrogens with two attached hydrogens (primary N) is 1. The second-order valence-corrected chi connectivity index (χ2v) is 4.83. The first-order chi connectivity index (χ1) is 8.60. The van der Waals surface area contributed by atoms with E-state index < -0.39 is 0 Å². The first-order valence-corrected chi connectivity index (χ1v) is 6.20. The fourth-order valence-electron chi connectivity index (χ4n) is 1.47. The molecule has 0 radical (unpaired) electrons. The van der Waals surface area contributed by atoms with E-state index in [1.54, 1.807) is 24.3 Å². The van der Waals surface area contributed by atoms with E-state index in [-0.39, 0.29) is 5.82 Å². The first-order valence-electron chi connectivity index (χ1n) is 5.12. The molecule has 0 atom stereocenters. The zero-order valence-corrected chi connectivity index (χ0v) is 11.4. The number of rotatable bonds is 2. The second kappa shape index (κ2) is 5.23. The lowest BCUT2D eigenvalue weighted by molar-refractivity contribution is 0.627. The quantitative estimate of drug-likeness (QED) is 0.640. The molecule has 0 heterocycles. The maximum Gasteiger partial charge on any atom is 0.124 e. The SMILES string of the molecule is N#Cc1ccc(N)c(Nc2ccc(F)cc2I)c1. The van der Waals surface area contributed by atoms with Crippen molar-refractivity contribution in [3.05, 3.63) is 51.3 Å². The van der Waals surface area contributed by atoms with E-state index in [0.29, 0.717) is 16.9 Å². The molecule has 90 valence electrons. The van der Waals surface area contributed by atoms with Gasteiger partial charge in [-0.1, -0.05) is 0 Å². The van der Waals surface area contributed by atoms with Crippen LogP contribution in [0.2, 0.25) is 0 Å². The largest absolute Gasteiger partial charge is 0.397 e. The van der Waals surface area contributed by atoms with E-state index in [0.717, 1.165) is 9.26 Å². The summed E-state index contributed by atoms with van der Waals surface area (Å²) < 4.78 is 13.7. The van der Waals surface area contributed by atoms with Gasteiger partial charge in [0.2, 0.25) is 0 Å². The molecule has 0 saturated carbocycles. The summed E-state index contributed by atoms with van der Waals surface area (Å²) in [6.07, 6.45) is 0. The van der Waals surface area contributed by atoms with E-state index in [4.69, 9.17) is 11.0 Å². The number of anilines is 3. The Morgan fingerprint density at radius 2 is 1.94 bits per heavy atom. The third-order valence-corrected chi connectivity index (χ3v) is 3.28. The Balaban J connectivity index is 2.37. The minimum absolute atomic E-state index is 0.288. The van der Waals surface area contributed by atoms with Crippen LogP contribution in [0.15, 0.2) is 36.4 Å². The van der Waals surface area contributed by atoms with Crippen molar-refractivity contribution in [3.63, 3.8) is 0 Å². The smallest absolute Gasteiger partial charge is 0.124 e. The van der Waals surface area contributed by atoms with E-state index in [2.05, 4.69) is 5.32 Å². The van der Waals surface area contributed by atoms with Crippen LogP contribution in [0.5, 0.6) is 0 Å². The summed E-state index contributed by atoms with van der Waals surface area (Å²) in [7, 11) is 0. The predicted molar refractivity (Wildman–Crippen MR) is 78.0 cm³/mol. The Bertz CT molecular complexity index is 635. The molecular weight excluding hydrogens is 344 g/mol. The number of halogens is 2. The van der Waals surface area contributed by atoms with Crippen LogP contribution in [0.1, 0.15) is 5.56 Å². The van der Waals surface area contributed by atoms with Gasteiger partial charge in [0.1, 0.15) is 5.82 Å². The number of hydrogen-bond acceptors (Lipinski definition) is 3. The molecule has 0 amide bonds. The first kappa shape index (κ1) is 12.6. The molecule has 0 aliphatic carbocycles. The van der Waals surface area contributed by atoms with E-state index in [9.17, 15) is 4.39 Å². The van der Waals surface area contributed by atoms with Crippen LogP contribution in [0.3, 0.4) is 0 Å². The van der Waals surface area contributed by atoms with Crippen molar-refractivity contribution >= 4 is 39.7 Å². The molecule has 5 heteroatoms. The number of nitrogens with one attached hydrogen (secondary N) is 1. The summed E-state index contributed by atoms with van der Waals surface area (Å²) >= 11 is 2.03. The van der Waals surface area contributed by atoms with Crippen LogP contribution in [0.25, 0.3) is 0 Å². The van der Waals surface area contributed by atoms with Crippen molar-refractivity contribution in [1.82, 2.24) is 0 Å².